The van der Waals surface area contributed by atoms with Gasteiger partial charge in [-0.2, -0.15) is 0 Å². The number of hydrogen-bond donors (Lipinski definition) is 0. The zero-order valence-electron chi connectivity index (χ0n) is 9.11. The van der Waals surface area contributed by atoms with Gasteiger partial charge in [0.1, 0.15) is 0 Å². The van der Waals surface area contributed by atoms with Crippen molar-refractivity contribution in [2.75, 3.05) is 13.7 Å². The van der Waals surface area contributed by atoms with Crippen molar-refractivity contribution in [1.29, 1.82) is 0 Å². The van der Waals surface area contributed by atoms with Crippen LogP contribution in [-0.4, -0.2) is 24.6 Å². The predicted octanol–water partition coefficient (Wildman–Crippen LogP) is 2.70. The van der Waals surface area contributed by atoms with Gasteiger partial charge in [-0.05, 0) is 25.7 Å². The SMILES string of the molecule is COC(=O)N1C=CC(C2=CCCCC2)C1. The molecule has 0 radical (unpaired) electrons. The summed E-state index contributed by atoms with van der Waals surface area (Å²) in [5.74, 6) is 0.421. The molecule has 82 valence electrons. The van der Waals surface area contributed by atoms with Gasteiger partial charge in [-0.1, -0.05) is 17.7 Å². The molecule has 1 aliphatic carbocycles. The van der Waals surface area contributed by atoms with Crippen molar-refractivity contribution in [3.8, 4) is 0 Å². The van der Waals surface area contributed by atoms with Gasteiger partial charge in [0, 0.05) is 18.7 Å². The molecule has 0 saturated heterocycles. The van der Waals surface area contributed by atoms with Crippen LogP contribution in [0.2, 0.25) is 0 Å². The molecular weight excluding hydrogens is 190 g/mol. The standard InChI is InChI=1S/C12H17NO2/c1-15-12(14)13-8-7-11(9-13)10-5-3-2-4-6-10/h5,7-8,11H,2-4,6,9H2,1H3. The molecule has 0 fully saturated rings. The summed E-state index contributed by atoms with van der Waals surface area (Å²) in [5.41, 5.74) is 1.49. The van der Waals surface area contributed by atoms with Gasteiger partial charge in [0.2, 0.25) is 0 Å². The number of rotatable bonds is 1. The second kappa shape index (κ2) is 4.51. The Bertz CT molecular complexity index is 307. The van der Waals surface area contributed by atoms with Gasteiger partial charge >= 0.3 is 6.09 Å². The van der Waals surface area contributed by atoms with Crippen molar-refractivity contribution < 1.29 is 9.53 Å². The van der Waals surface area contributed by atoms with E-state index in [1.165, 1.54) is 38.4 Å². The Morgan fingerprint density at radius 1 is 1.53 bits per heavy atom. The van der Waals surface area contributed by atoms with Crippen LogP contribution in [0.25, 0.3) is 0 Å². The lowest BCUT2D eigenvalue weighted by molar-refractivity contribution is 0.141. The minimum Gasteiger partial charge on any atom is -0.452 e. The van der Waals surface area contributed by atoms with E-state index in [1.807, 2.05) is 6.20 Å². The molecule has 15 heavy (non-hydrogen) atoms. The van der Waals surface area contributed by atoms with Crippen LogP contribution in [0.15, 0.2) is 23.9 Å². The fraction of sp³-hybridized carbons (Fsp3) is 0.583. The normalized spacial score (nSPS) is 25.3. The number of nitrogens with zero attached hydrogens (tertiary/aromatic N) is 1. The monoisotopic (exact) mass is 207 g/mol. The molecule has 0 aromatic heterocycles. The Kier molecular flexibility index (Phi) is 3.09. The molecule has 0 aromatic rings. The molecule has 2 aliphatic rings. The lowest BCUT2D eigenvalue weighted by atomic mass is 9.90. The van der Waals surface area contributed by atoms with Crippen LogP contribution in [0.1, 0.15) is 25.7 Å². The third-order valence-electron chi connectivity index (χ3n) is 3.10. The summed E-state index contributed by atoms with van der Waals surface area (Å²) in [6, 6.07) is 0. The third-order valence-corrected chi connectivity index (χ3v) is 3.10. The van der Waals surface area contributed by atoms with Crippen molar-refractivity contribution in [3.05, 3.63) is 23.9 Å². The molecular formula is C12H17NO2. The maximum absolute atomic E-state index is 11.3. The summed E-state index contributed by atoms with van der Waals surface area (Å²) in [4.78, 5) is 12.9. The Labute approximate surface area is 90.4 Å². The fourth-order valence-corrected chi connectivity index (χ4v) is 2.23. The first-order valence-electron chi connectivity index (χ1n) is 5.53. The van der Waals surface area contributed by atoms with Gasteiger partial charge in [-0.15, -0.1) is 0 Å². The average molecular weight is 207 g/mol. The summed E-state index contributed by atoms with van der Waals surface area (Å²) in [6.07, 6.45) is 11.0. The summed E-state index contributed by atoms with van der Waals surface area (Å²) < 4.78 is 4.69. The highest BCUT2D eigenvalue weighted by atomic mass is 16.5. The van der Waals surface area contributed by atoms with Gasteiger partial charge < -0.3 is 4.74 Å². The second-order valence-electron chi connectivity index (χ2n) is 4.10. The molecule has 0 aromatic carbocycles. The van der Waals surface area contributed by atoms with E-state index >= 15 is 0 Å². The number of allylic oxidation sites excluding steroid dienone is 1. The smallest absolute Gasteiger partial charge is 0.413 e. The average Bonchev–Trinajstić information content (AvgIpc) is 2.78. The Morgan fingerprint density at radius 2 is 2.40 bits per heavy atom. The van der Waals surface area contributed by atoms with Crippen LogP contribution < -0.4 is 0 Å². The first kappa shape index (κ1) is 10.3. The van der Waals surface area contributed by atoms with E-state index in [-0.39, 0.29) is 6.09 Å². The van der Waals surface area contributed by atoms with Crippen molar-refractivity contribution in [2.24, 2.45) is 5.92 Å². The molecule has 1 aliphatic heterocycles. The minimum absolute atomic E-state index is 0.259. The zero-order valence-corrected chi connectivity index (χ0v) is 9.11. The topological polar surface area (TPSA) is 29.5 Å². The van der Waals surface area contributed by atoms with Gasteiger partial charge in [0.15, 0.2) is 0 Å². The number of methoxy groups -OCH3 is 1. The quantitative estimate of drug-likeness (QED) is 0.619. The largest absolute Gasteiger partial charge is 0.452 e. The molecule has 3 heteroatoms. The summed E-state index contributed by atoms with van der Waals surface area (Å²) in [7, 11) is 1.42. The summed E-state index contributed by atoms with van der Waals surface area (Å²) in [5, 5.41) is 0. The fourth-order valence-electron chi connectivity index (χ4n) is 2.23. The van der Waals surface area contributed by atoms with Crippen LogP contribution >= 0.6 is 0 Å². The minimum atomic E-state index is -0.259. The lowest BCUT2D eigenvalue weighted by Crippen LogP contribution is -2.26. The van der Waals surface area contributed by atoms with E-state index in [4.69, 9.17) is 0 Å². The molecule has 1 amide bonds. The molecule has 0 spiro atoms. The maximum atomic E-state index is 11.3. The molecule has 3 nitrogen and oxygen atoms in total. The summed E-state index contributed by atoms with van der Waals surface area (Å²) in [6.45, 7) is 0.749. The highest BCUT2D eigenvalue weighted by Crippen LogP contribution is 2.28. The van der Waals surface area contributed by atoms with Gasteiger partial charge in [-0.25, -0.2) is 4.79 Å². The number of carbonyl (C=O) groups is 1. The number of hydrogen-bond acceptors (Lipinski definition) is 2. The molecule has 0 N–H and O–H groups in total. The predicted molar refractivity (Wildman–Crippen MR) is 58.3 cm³/mol. The first-order valence-corrected chi connectivity index (χ1v) is 5.53. The third kappa shape index (κ3) is 2.22. The lowest BCUT2D eigenvalue weighted by Gasteiger charge is -2.19. The summed E-state index contributed by atoms with van der Waals surface area (Å²) >= 11 is 0. The van der Waals surface area contributed by atoms with Crippen LogP contribution in [0.5, 0.6) is 0 Å². The highest BCUT2D eigenvalue weighted by Gasteiger charge is 2.24. The molecule has 1 atom stereocenters. The molecule has 2 rings (SSSR count). The van der Waals surface area contributed by atoms with E-state index in [0.717, 1.165) is 6.54 Å². The zero-order chi connectivity index (χ0) is 10.7. The first-order chi connectivity index (χ1) is 7.31. The van der Waals surface area contributed by atoms with Crippen molar-refractivity contribution in [3.63, 3.8) is 0 Å². The van der Waals surface area contributed by atoms with E-state index < -0.39 is 0 Å². The van der Waals surface area contributed by atoms with Crippen LogP contribution in [0.3, 0.4) is 0 Å². The highest BCUT2D eigenvalue weighted by molar-refractivity contribution is 5.69. The maximum Gasteiger partial charge on any atom is 0.413 e. The van der Waals surface area contributed by atoms with Gasteiger partial charge in [-0.3, -0.25) is 4.90 Å². The molecule has 1 heterocycles. The Balaban J connectivity index is 1.96. The number of carbonyl (C=O) groups excluding carboxylic acids is 1. The van der Waals surface area contributed by atoms with Crippen molar-refractivity contribution in [2.45, 2.75) is 25.7 Å². The van der Waals surface area contributed by atoms with Crippen molar-refractivity contribution >= 4 is 6.09 Å². The number of ether oxygens (including phenoxy) is 1. The Hall–Kier alpha value is -1.25. The van der Waals surface area contributed by atoms with E-state index in [9.17, 15) is 4.79 Å². The molecule has 0 bridgehead atoms. The van der Waals surface area contributed by atoms with E-state index in [0.29, 0.717) is 5.92 Å². The van der Waals surface area contributed by atoms with Crippen LogP contribution in [0.4, 0.5) is 4.79 Å². The van der Waals surface area contributed by atoms with Crippen molar-refractivity contribution in [1.82, 2.24) is 4.90 Å². The van der Waals surface area contributed by atoms with Gasteiger partial charge in [0.25, 0.3) is 0 Å². The second-order valence-corrected chi connectivity index (χ2v) is 4.10. The van der Waals surface area contributed by atoms with E-state index in [2.05, 4.69) is 16.9 Å². The number of amides is 1. The molecule has 0 saturated carbocycles. The Morgan fingerprint density at radius 3 is 3.07 bits per heavy atom. The molecule has 1 unspecified atom stereocenters. The van der Waals surface area contributed by atoms with Crippen LogP contribution in [0, 0.1) is 5.92 Å². The van der Waals surface area contributed by atoms with Gasteiger partial charge in [0.05, 0.1) is 7.11 Å². The van der Waals surface area contributed by atoms with E-state index in [1.54, 1.807) is 4.90 Å². The van der Waals surface area contributed by atoms with Crippen LogP contribution in [-0.2, 0) is 4.74 Å².